The number of pyridine rings is 1. The molecule has 0 saturated heterocycles. The molecule has 0 spiro atoms. The predicted octanol–water partition coefficient (Wildman–Crippen LogP) is 4.05. The number of rotatable bonds is 6. The van der Waals surface area contributed by atoms with Gasteiger partial charge >= 0.3 is 6.18 Å². The largest absolute Gasteiger partial charge is 0.433 e. The van der Waals surface area contributed by atoms with E-state index >= 15 is 0 Å². The second-order valence-electron chi connectivity index (χ2n) is 8.69. The molecule has 0 bridgehead atoms. The highest BCUT2D eigenvalue weighted by Crippen LogP contribution is 2.53. The number of halogens is 3. The second kappa shape index (κ2) is 6.42. The van der Waals surface area contributed by atoms with E-state index in [0.717, 1.165) is 51.0 Å². The van der Waals surface area contributed by atoms with Crippen LogP contribution in [0.5, 0.6) is 0 Å². The van der Waals surface area contributed by atoms with E-state index in [1.54, 1.807) is 4.57 Å². The first-order valence-electron chi connectivity index (χ1n) is 10.2. The van der Waals surface area contributed by atoms with Crippen molar-refractivity contribution >= 4 is 23.0 Å². The Bertz CT molecular complexity index is 947. The molecule has 29 heavy (non-hydrogen) atoms. The van der Waals surface area contributed by atoms with Gasteiger partial charge < -0.3 is 5.11 Å². The van der Waals surface area contributed by atoms with Gasteiger partial charge in [-0.15, -0.1) is 0 Å². The number of amides is 1. The summed E-state index contributed by atoms with van der Waals surface area (Å²) in [5.41, 5.74) is -1.49. The Morgan fingerprint density at radius 2 is 1.76 bits per heavy atom. The van der Waals surface area contributed by atoms with Crippen molar-refractivity contribution < 1.29 is 23.1 Å². The predicted molar refractivity (Wildman–Crippen MR) is 99.1 cm³/mol. The topological polar surface area (TPSA) is 80.0 Å². The van der Waals surface area contributed by atoms with Gasteiger partial charge in [0.25, 0.3) is 0 Å². The Labute approximate surface area is 165 Å². The summed E-state index contributed by atoms with van der Waals surface area (Å²) in [6.07, 6.45) is 1.78. The molecule has 6 nitrogen and oxygen atoms in total. The van der Waals surface area contributed by atoms with Crippen LogP contribution in [-0.4, -0.2) is 31.1 Å². The van der Waals surface area contributed by atoms with E-state index in [4.69, 9.17) is 0 Å². The summed E-state index contributed by atoms with van der Waals surface area (Å²) in [4.78, 5) is 20.9. The number of anilines is 1. The van der Waals surface area contributed by atoms with Crippen molar-refractivity contribution in [1.82, 2.24) is 14.5 Å². The highest BCUT2D eigenvalue weighted by Gasteiger charge is 2.54. The molecule has 2 aromatic rings. The summed E-state index contributed by atoms with van der Waals surface area (Å²) in [6, 6.07) is 2.17. The number of carbonyl (C=O) groups is 1. The molecule has 0 aromatic carbocycles. The summed E-state index contributed by atoms with van der Waals surface area (Å²) in [5.74, 6) is 0.207. The summed E-state index contributed by atoms with van der Waals surface area (Å²) < 4.78 is 41.0. The maximum atomic E-state index is 13.1. The van der Waals surface area contributed by atoms with Gasteiger partial charge in [0.05, 0.1) is 12.0 Å². The molecule has 3 aliphatic rings. The SMILES string of the molecule is O=C(CC(O)(C1CC1)C1CC1)Nc1nc2ccc(C(F)(F)F)nc2n1C1CCC1. The maximum Gasteiger partial charge on any atom is 0.433 e. The van der Waals surface area contributed by atoms with Crippen molar-refractivity contribution in [2.45, 2.75) is 69.2 Å². The Hall–Kier alpha value is -2.16. The van der Waals surface area contributed by atoms with E-state index in [0.29, 0.717) is 5.52 Å². The van der Waals surface area contributed by atoms with Crippen LogP contribution in [0.2, 0.25) is 0 Å². The minimum absolute atomic E-state index is 0.00254. The first-order chi connectivity index (χ1) is 13.8. The molecule has 5 rings (SSSR count). The molecule has 2 aromatic heterocycles. The normalized spacial score (nSPS) is 20.7. The monoisotopic (exact) mass is 408 g/mol. The molecule has 1 amide bonds. The third kappa shape index (κ3) is 3.39. The third-order valence-corrected chi connectivity index (χ3v) is 6.53. The maximum absolute atomic E-state index is 13.1. The van der Waals surface area contributed by atoms with Gasteiger partial charge in [-0.3, -0.25) is 14.7 Å². The molecule has 156 valence electrons. The number of aromatic nitrogens is 3. The van der Waals surface area contributed by atoms with Crippen molar-refractivity contribution in [1.29, 1.82) is 0 Å². The van der Waals surface area contributed by atoms with Gasteiger partial charge in [0.15, 0.2) is 5.65 Å². The second-order valence-corrected chi connectivity index (χ2v) is 8.69. The van der Waals surface area contributed by atoms with Crippen LogP contribution in [0.15, 0.2) is 12.1 Å². The molecule has 0 radical (unpaired) electrons. The van der Waals surface area contributed by atoms with Gasteiger partial charge in [-0.1, -0.05) is 0 Å². The van der Waals surface area contributed by atoms with Gasteiger partial charge in [0.2, 0.25) is 11.9 Å². The molecule has 9 heteroatoms. The van der Waals surface area contributed by atoms with E-state index in [1.807, 2.05) is 0 Å². The quantitative estimate of drug-likeness (QED) is 0.756. The number of nitrogens with one attached hydrogen (secondary N) is 1. The minimum Gasteiger partial charge on any atom is -0.389 e. The fourth-order valence-electron chi connectivity index (χ4n) is 4.43. The average molecular weight is 408 g/mol. The number of alkyl halides is 3. The van der Waals surface area contributed by atoms with E-state index in [2.05, 4.69) is 15.3 Å². The lowest BCUT2D eigenvalue weighted by Gasteiger charge is -2.30. The molecule has 0 aliphatic heterocycles. The molecule has 3 aliphatic carbocycles. The number of aliphatic hydroxyl groups is 1. The van der Waals surface area contributed by atoms with Crippen LogP contribution in [0.4, 0.5) is 19.1 Å². The Balaban J connectivity index is 1.45. The highest BCUT2D eigenvalue weighted by atomic mass is 19.4. The summed E-state index contributed by atoms with van der Waals surface area (Å²) in [5, 5.41) is 13.8. The van der Waals surface area contributed by atoms with Crippen LogP contribution < -0.4 is 5.32 Å². The van der Waals surface area contributed by atoms with Crippen molar-refractivity contribution in [2.24, 2.45) is 11.8 Å². The van der Waals surface area contributed by atoms with Crippen LogP contribution in [0.25, 0.3) is 11.2 Å². The van der Waals surface area contributed by atoms with Crippen LogP contribution in [0, 0.1) is 11.8 Å². The lowest BCUT2D eigenvalue weighted by Crippen LogP contribution is -2.39. The number of hydrogen-bond donors (Lipinski definition) is 2. The fraction of sp³-hybridized carbons (Fsp3) is 0.650. The summed E-state index contributed by atoms with van der Waals surface area (Å²) in [6.45, 7) is 0. The number of hydrogen-bond acceptors (Lipinski definition) is 4. The minimum atomic E-state index is -4.54. The van der Waals surface area contributed by atoms with Crippen LogP contribution in [0.3, 0.4) is 0 Å². The van der Waals surface area contributed by atoms with Gasteiger partial charge in [-0.05, 0) is 68.9 Å². The third-order valence-electron chi connectivity index (χ3n) is 6.53. The van der Waals surface area contributed by atoms with Crippen molar-refractivity contribution in [3.05, 3.63) is 17.8 Å². The number of carbonyl (C=O) groups excluding carboxylic acids is 1. The van der Waals surface area contributed by atoms with Crippen LogP contribution >= 0.6 is 0 Å². The molecule has 0 atom stereocenters. The molecule has 2 N–H and O–H groups in total. The first-order valence-corrected chi connectivity index (χ1v) is 10.2. The van der Waals surface area contributed by atoms with Gasteiger partial charge in [-0.2, -0.15) is 13.2 Å². The first kappa shape index (κ1) is 18.8. The lowest BCUT2D eigenvalue weighted by atomic mass is 9.88. The van der Waals surface area contributed by atoms with E-state index in [-0.39, 0.29) is 41.8 Å². The van der Waals surface area contributed by atoms with E-state index < -0.39 is 17.5 Å². The van der Waals surface area contributed by atoms with Crippen molar-refractivity contribution in [2.75, 3.05) is 5.32 Å². The molecule has 0 unspecified atom stereocenters. The van der Waals surface area contributed by atoms with Gasteiger partial charge in [0.1, 0.15) is 11.2 Å². The Morgan fingerprint density at radius 1 is 1.10 bits per heavy atom. The molecule has 2 heterocycles. The highest BCUT2D eigenvalue weighted by molar-refractivity contribution is 5.92. The van der Waals surface area contributed by atoms with Crippen molar-refractivity contribution in [3.63, 3.8) is 0 Å². The van der Waals surface area contributed by atoms with E-state index in [9.17, 15) is 23.1 Å². The number of fused-ring (bicyclic) bond motifs is 1. The number of nitrogens with zero attached hydrogens (tertiary/aromatic N) is 3. The molecule has 3 saturated carbocycles. The van der Waals surface area contributed by atoms with Gasteiger partial charge in [-0.25, -0.2) is 9.97 Å². The number of imidazole rings is 1. The van der Waals surface area contributed by atoms with Crippen LogP contribution in [0.1, 0.15) is 63.1 Å². The fourth-order valence-corrected chi connectivity index (χ4v) is 4.43. The zero-order valence-corrected chi connectivity index (χ0v) is 15.9. The van der Waals surface area contributed by atoms with Gasteiger partial charge in [0, 0.05) is 6.04 Å². The molecular formula is C20H23F3N4O2. The van der Waals surface area contributed by atoms with Crippen LogP contribution in [-0.2, 0) is 11.0 Å². The smallest absolute Gasteiger partial charge is 0.389 e. The van der Waals surface area contributed by atoms with E-state index in [1.165, 1.54) is 6.07 Å². The zero-order chi connectivity index (χ0) is 20.4. The molecular weight excluding hydrogens is 385 g/mol. The summed E-state index contributed by atoms with van der Waals surface area (Å²) in [7, 11) is 0. The Kier molecular flexibility index (Phi) is 4.17. The van der Waals surface area contributed by atoms with Crippen molar-refractivity contribution in [3.8, 4) is 0 Å². The Morgan fingerprint density at radius 3 is 2.28 bits per heavy atom. The zero-order valence-electron chi connectivity index (χ0n) is 15.9. The standard InChI is InChI=1S/C20H23F3N4O2/c21-20(22,23)15-9-8-14-17(25-15)27(13-2-1-3-13)18(24-14)26-16(28)10-19(29,11-4-5-11)12-6-7-12/h8-9,11-13,29H,1-7,10H2,(H,24,26,28). The lowest BCUT2D eigenvalue weighted by molar-refractivity contribution is -0.141. The summed E-state index contributed by atoms with van der Waals surface area (Å²) >= 11 is 0. The average Bonchev–Trinajstić information content (AvgIpc) is 3.50. The molecule has 3 fully saturated rings.